The summed E-state index contributed by atoms with van der Waals surface area (Å²) in [6, 6.07) is 44.0. The van der Waals surface area contributed by atoms with Crippen molar-refractivity contribution in [3.63, 3.8) is 0 Å². The largest absolute Gasteiger partial charge is 2.00 e. The molecule has 0 aliphatic rings. The van der Waals surface area contributed by atoms with E-state index >= 15 is 0 Å². The molecule has 0 spiro atoms. The molecular weight excluding hydrogens is 476 g/mol. The number of hydrogen-bond acceptors (Lipinski definition) is 2. The Morgan fingerprint density at radius 1 is 0.500 bits per heavy atom. The third kappa shape index (κ3) is 10.9. The molecule has 5 aromatic carbocycles. The van der Waals surface area contributed by atoms with Gasteiger partial charge < -0.3 is 0 Å². The van der Waals surface area contributed by atoms with E-state index in [4.69, 9.17) is 0 Å². The smallest absolute Gasteiger partial charge is 0.269 e. The molecule has 0 bridgehead atoms. The molecule has 0 aromatic heterocycles. The summed E-state index contributed by atoms with van der Waals surface area (Å²) >= 11 is 0. The van der Waals surface area contributed by atoms with E-state index in [-0.39, 0.29) is 34.1 Å². The van der Waals surface area contributed by atoms with Gasteiger partial charge in [-0.05, 0) is 36.7 Å². The van der Waals surface area contributed by atoms with Crippen molar-refractivity contribution in [2.75, 3.05) is 0 Å². The zero-order valence-electron chi connectivity index (χ0n) is 17.5. The third-order valence-corrected chi connectivity index (χ3v) is 4.06. The number of aliphatic imine (C=N–C) groups is 2. The van der Waals surface area contributed by atoms with Gasteiger partial charge in [-0.2, -0.15) is 60.7 Å². The van der Waals surface area contributed by atoms with Gasteiger partial charge in [-0.1, -0.05) is 0 Å². The molecule has 32 heavy (non-hydrogen) atoms. The summed E-state index contributed by atoms with van der Waals surface area (Å²) in [5.41, 5.74) is 4.09. The molecule has 5 rings (SSSR count). The SMILES string of the molecule is C(=Nc1ccc(N=C[c-]2cccc2)cc1)[c-]1cccc1.[Fe+2].[Fe+2].c1cc[cH-]c1.c1cc[cH-]c1. The molecule has 0 aliphatic carbocycles. The molecule has 0 heterocycles. The van der Waals surface area contributed by atoms with Crippen LogP contribution < -0.4 is 0 Å². The maximum absolute atomic E-state index is 4.42. The maximum Gasteiger partial charge on any atom is 2.00 e. The van der Waals surface area contributed by atoms with Crippen molar-refractivity contribution in [1.82, 2.24) is 0 Å². The van der Waals surface area contributed by atoms with Crippen LogP contribution in [-0.4, -0.2) is 12.4 Å². The monoisotopic (exact) mass is 500 g/mol. The van der Waals surface area contributed by atoms with Crippen LogP contribution in [0.25, 0.3) is 0 Å². The van der Waals surface area contributed by atoms with Gasteiger partial charge in [0.15, 0.2) is 0 Å². The summed E-state index contributed by atoms with van der Waals surface area (Å²) in [6.45, 7) is 0. The van der Waals surface area contributed by atoms with Crippen molar-refractivity contribution < 1.29 is 34.1 Å². The Bertz CT molecular complexity index is 930. The number of benzene rings is 1. The average molecular weight is 500 g/mol. The Hall–Kier alpha value is -3.00. The van der Waals surface area contributed by atoms with Gasteiger partial charge in [-0.3, -0.25) is 9.98 Å². The Labute approximate surface area is 211 Å². The zero-order chi connectivity index (χ0) is 20.7. The van der Waals surface area contributed by atoms with Gasteiger partial charge in [-0.25, -0.2) is 48.5 Å². The molecule has 0 amide bonds. The van der Waals surface area contributed by atoms with E-state index in [0.29, 0.717) is 0 Å². The third-order valence-electron chi connectivity index (χ3n) is 4.06. The van der Waals surface area contributed by atoms with Gasteiger partial charge in [0.05, 0.1) is 11.4 Å². The molecule has 0 aliphatic heterocycles. The van der Waals surface area contributed by atoms with Gasteiger partial charge >= 0.3 is 34.1 Å². The quantitative estimate of drug-likeness (QED) is 0.139. The van der Waals surface area contributed by atoms with E-state index in [1.54, 1.807) is 0 Å². The van der Waals surface area contributed by atoms with Crippen LogP contribution in [0.4, 0.5) is 11.4 Å². The fraction of sp³-hybridized carbons (Fsp3) is 0. The molecule has 162 valence electrons. The van der Waals surface area contributed by atoms with Crippen molar-refractivity contribution in [1.29, 1.82) is 0 Å². The first-order valence-corrected chi connectivity index (χ1v) is 9.85. The Morgan fingerprint density at radius 2 is 0.812 bits per heavy atom. The average Bonchev–Trinajstić information content (AvgIpc) is 3.63. The van der Waals surface area contributed by atoms with E-state index in [1.807, 2.05) is 146 Å². The van der Waals surface area contributed by atoms with Crippen molar-refractivity contribution in [3.8, 4) is 0 Å². The first kappa shape index (κ1) is 27.0. The molecule has 5 aromatic rings. The van der Waals surface area contributed by atoms with E-state index in [1.165, 1.54) is 0 Å². The second-order valence-electron chi connectivity index (χ2n) is 6.39. The number of rotatable bonds is 4. The van der Waals surface area contributed by atoms with Crippen LogP contribution in [0.15, 0.2) is 143 Å². The standard InChI is InChI=1S/C18H14N2.2C5H5.2Fe/c1-2-6-15(5-1)13-19-17-9-11-18(12-10-17)20-14-16-7-3-4-8-16;2*1-2-4-5-3-1;;/h1-14H;2*1-5H;;/q-2;2*-1;2*+2. The Kier molecular flexibility index (Phi) is 14.1. The first-order chi connectivity index (χ1) is 14.9. The van der Waals surface area contributed by atoms with Crippen LogP contribution in [0.5, 0.6) is 0 Å². The summed E-state index contributed by atoms with van der Waals surface area (Å²) in [5.74, 6) is 0. The van der Waals surface area contributed by atoms with Crippen LogP contribution in [0.1, 0.15) is 11.1 Å². The summed E-state index contributed by atoms with van der Waals surface area (Å²) < 4.78 is 0. The van der Waals surface area contributed by atoms with Crippen LogP contribution in [-0.2, 0) is 34.1 Å². The fourth-order valence-corrected chi connectivity index (χ4v) is 2.51. The number of nitrogens with zero attached hydrogens (tertiary/aromatic N) is 2. The van der Waals surface area contributed by atoms with Crippen LogP contribution in [0.3, 0.4) is 0 Å². The number of hydrogen-bond donors (Lipinski definition) is 0. The molecule has 0 saturated carbocycles. The summed E-state index contributed by atoms with van der Waals surface area (Å²) in [7, 11) is 0. The van der Waals surface area contributed by atoms with Crippen LogP contribution >= 0.6 is 0 Å². The summed E-state index contributed by atoms with van der Waals surface area (Å²) in [5, 5.41) is 0. The molecule has 0 saturated heterocycles. The van der Waals surface area contributed by atoms with Crippen molar-refractivity contribution in [2.45, 2.75) is 0 Å². The summed E-state index contributed by atoms with van der Waals surface area (Å²) in [6.07, 6.45) is 3.73. The molecule has 0 radical (unpaired) electrons. The van der Waals surface area contributed by atoms with Gasteiger partial charge in [0, 0.05) is 0 Å². The van der Waals surface area contributed by atoms with E-state index < -0.39 is 0 Å². The first-order valence-electron chi connectivity index (χ1n) is 9.85. The second kappa shape index (κ2) is 16.7. The molecule has 4 heteroatoms. The van der Waals surface area contributed by atoms with Crippen molar-refractivity contribution >= 4 is 23.8 Å². The topological polar surface area (TPSA) is 24.7 Å². The van der Waals surface area contributed by atoms with Crippen molar-refractivity contribution in [3.05, 3.63) is 145 Å². The maximum atomic E-state index is 4.42. The van der Waals surface area contributed by atoms with Gasteiger partial charge in [0.1, 0.15) is 0 Å². The Morgan fingerprint density at radius 3 is 1.06 bits per heavy atom. The molecule has 0 fully saturated rings. The van der Waals surface area contributed by atoms with Crippen molar-refractivity contribution in [2.24, 2.45) is 9.98 Å². The minimum Gasteiger partial charge on any atom is -0.269 e. The van der Waals surface area contributed by atoms with E-state index in [2.05, 4.69) is 9.98 Å². The van der Waals surface area contributed by atoms with Gasteiger partial charge in [-0.15, -0.1) is 11.1 Å². The van der Waals surface area contributed by atoms with Gasteiger partial charge in [0.2, 0.25) is 0 Å². The van der Waals surface area contributed by atoms with Gasteiger partial charge in [0.25, 0.3) is 0 Å². The minimum absolute atomic E-state index is 0. The second-order valence-corrected chi connectivity index (χ2v) is 6.39. The van der Waals surface area contributed by atoms with Crippen LogP contribution in [0, 0.1) is 0 Å². The van der Waals surface area contributed by atoms with Crippen LogP contribution in [0.2, 0.25) is 0 Å². The van der Waals surface area contributed by atoms with E-state index in [0.717, 1.165) is 22.5 Å². The molecule has 0 atom stereocenters. The molecule has 2 nitrogen and oxygen atoms in total. The fourth-order valence-electron chi connectivity index (χ4n) is 2.51. The predicted octanol–water partition coefficient (Wildman–Crippen LogP) is 7.43. The summed E-state index contributed by atoms with van der Waals surface area (Å²) in [4.78, 5) is 8.85. The molecular formula is C28H24Fe2N2. The molecule has 0 N–H and O–H groups in total. The zero-order valence-corrected chi connectivity index (χ0v) is 19.7. The Balaban J connectivity index is 0.000000353. The predicted molar refractivity (Wildman–Crippen MR) is 129 cm³/mol. The molecule has 0 unspecified atom stereocenters. The van der Waals surface area contributed by atoms with E-state index in [9.17, 15) is 0 Å². The minimum atomic E-state index is 0. The normalized spacial score (nSPS) is 9.75.